The molecule has 1 fully saturated rings. The molecule has 6 nitrogen and oxygen atoms in total. The number of benzene rings is 1. The lowest BCUT2D eigenvalue weighted by Crippen LogP contribution is -2.47. The number of nitrogens with zero attached hydrogens (tertiary/aromatic N) is 1. The van der Waals surface area contributed by atoms with E-state index in [0.717, 1.165) is 6.07 Å². The fourth-order valence-corrected chi connectivity index (χ4v) is 2.89. The zero-order valence-electron chi connectivity index (χ0n) is 15.0. The smallest absolute Gasteiger partial charge is 0.419 e. The highest BCUT2D eigenvalue weighted by Gasteiger charge is 2.34. The van der Waals surface area contributed by atoms with E-state index in [1.54, 1.807) is 6.92 Å². The van der Waals surface area contributed by atoms with Gasteiger partial charge in [-0.2, -0.15) is 13.2 Å². The molecule has 0 spiro atoms. The summed E-state index contributed by atoms with van der Waals surface area (Å²) < 4.78 is 44.6. The molecule has 0 aliphatic carbocycles. The number of alkyl halides is 3. The number of hydrogen-bond donors (Lipinski definition) is 2. The Labute approximate surface area is 155 Å². The van der Waals surface area contributed by atoms with Crippen LogP contribution < -0.4 is 10.1 Å². The summed E-state index contributed by atoms with van der Waals surface area (Å²) in [5, 5.41) is 11.6. The highest BCUT2D eigenvalue weighted by atomic mass is 19.4. The standard InChI is InChI=1S/C18H23F3N2O4/c1-2-13(27-15-6-4-3-5-14(15)18(19,20)21)11-22-17(26)23-9-7-12(8-10-23)16(24)25/h3-6,12-13H,2,7-11H2,1H3,(H,22,26)(H,24,25). The quantitative estimate of drug-likeness (QED) is 0.783. The van der Waals surface area contributed by atoms with E-state index in [-0.39, 0.29) is 18.3 Å². The zero-order chi connectivity index (χ0) is 20.0. The molecule has 1 aromatic carbocycles. The molecular formula is C18H23F3N2O4. The van der Waals surface area contributed by atoms with Gasteiger partial charge in [0.05, 0.1) is 18.0 Å². The van der Waals surface area contributed by atoms with Gasteiger partial charge in [0.1, 0.15) is 11.9 Å². The van der Waals surface area contributed by atoms with Crippen molar-refractivity contribution in [1.82, 2.24) is 10.2 Å². The van der Waals surface area contributed by atoms with Gasteiger partial charge in [-0.3, -0.25) is 4.79 Å². The number of likely N-dealkylation sites (tertiary alicyclic amines) is 1. The second-order valence-electron chi connectivity index (χ2n) is 6.43. The second kappa shape index (κ2) is 8.96. The number of carboxylic acids is 1. The van der Waals surface area contributed by atoms with Crippen molar-refractivity contribution in [3.63, 3.8) is 0 Å². The Morgan fingerprint density at radius 1 is 1.30 bits per heavy atom. The Morgan fingerprint density at radius 2 is 1.93 bits per heavy atom. The van der Waals surface area contributed by atoms with Crippen LogP contribution in [-0.4, -0.2) is 47.7 Å². The lowest BCUT2D eigenvalue weighted by Gasteiger charge is -2.30. The Hall–Kier alpha value is -2.45. The van der Waals surface area contributed by atoms with Crippen LogP contribution in [0.3, 0.4) is 0 Å². The zero-order valence-corrected chi connectivity index (χ0v) is 15.0. The minimum Gasteiger partial charge on any atom is -0.488 e. The van der Waals surface area contributed by atoms with Gasteiger partial charge in [-0.15, -0.1) is 0 Å². The maximum absolute atomic E-state index is 13.0. The molecule has 1 saturated heterocycles. The summed E-state index contributed by atoms with van der Waals surface area (Å²) in [6.07, 6.45) is -3.96. The van der Waals surface area contributed by atoms with Crippen molar-refractivity contribution < 1.29 is 32.6 Å². The first kappa shape index (κ1) is 20.9. The minimum absolute atomic E-state index is 0.0559. The summed E-state index contributed by atoms with van der Waals surface area (Å²) in [6, 6.07) is 4.59. The topological polar surface area (TPSA) is 78.9 Å². The SMILES string of the molecule is CCC(CNC(=O)N1CCC(C(=O)O)CC1)Oc1ccccc1C(F)(F)F. The van der Waals surface area contributed by atoms with E-state index in [9.17, 15) is 22.8 Å². The number of nitrogens with one attached hydrogen (secondary N) is 1. The number of amides is 2. The number of halogens is 3. The van der Waals surface area contributed by atoms with Gasteiger partial charge in [-0.1, -0.05) is 19.1 Å². The van der Waals surface area contributed by atoms with Crippen LogP contribution in [0.15, 0.2) is 24.3 Å². The fourth-order valence-electron chi connectivity index (χ4n) is 2.89. The Bertz CT molecular complexity index is 658. The van der Waals surface area contributed by atoms with E-state index in [0.29, 0.717) is 32.4 Å². The Kier molecular flexibility index (Phi) is 6.92. The number of carbonyl (C=O) groups is 2. The van der Waals surface area contributed by atoms with Crippen molar-refractivity contribution in [2.45, 2.75) is 38.5 Å². The van der Waals surface area contributed by atoms with E-state index >= 15 is 0 Å². The number of para-hydroxylation sites is 1. The lowest BCUT2D eigenvalue weighted by molar-refractivity contribution is -0.143. The summed E-state index contributed by atoms with van der Waals surface area (Å²) in [5.41, 5.74) is -0.856. The van der Waals surface area contributed by atoms with Crippen molar-refractivity contribution in [2.24, 2.45) is 5.92 Å². The molecule has 1 aliphatic rings. The molecule has 0 bridgehead atoms. The third kappa shape index (κ3) is 5.77. The van der Waals surface area contributed by atoms with Gasteiger partial charge in [0.2, 0.25) is 0 Å². The molecule has 0 saturated carbocycles. The molecule has 0 aromatic heterocycles. The fraction of sp³-hybridized carbons (Fsp3) is 0.556. The van der Waals surface area contributed by atoms with E-state index in [1.165, 1.54) is 23.1 Å². The largest absolute Gasteiger partial charge is 0.488 e. The summed E-state index contributed by atoms with van der Waals surface area (Å²) in [7, 11) is 0. The van der Waals surface area contributed by atoms with Gasteiger partial charge in [-0.05, 0) is 31.4 Å². The molecule has 1 aliphatic heterocycles. The molecule has 2 N–H and O–H groups in total. The van der Waals surface area contributed by atoms with Crippen molar-refractivity contribution in [3.05, 3.63) is 29.8 Å². The molecule has 2 rings (SSSR count). The third-order valence-corrected chi connectivity index (χ3v) is 4.55. The molecule has 1 atom stereocenters. The van der Waals surface area contributed by atoms with Crippen LogP contribution in [0.1, 0.15) is 31.7 Å². The highest BCUT2D eigenvalue weighted by Crippen LogP contribution is 2.36. The van der Waals surface area contributed by atoms with E-state index in [2.05, 4.69) is 5.32 Å². The van der Waals surface area contributed by atoms with E-state index < -0.39 is 29.7 Å². The molecule has 2 amide bonds. The highest BCUT2D eigenvalue weighted by molar-refractivity contribution is 5.75. The summed E-state index contributed by atoms with van der Waals surface area (Å²) in [5.74, 6) is -1.58. The van der Waals surface area contributed by atoms with Crippen molar-refractivity contribution in [2.75, 3.05) is 19.6 Å². The average molecular weight is 388 g/mol. The summed E-state index contributed by atoms with van der Waals surface area (Å²) >= 11 is 0. The van der Waals surface area contributed by atoms with Crippen molar-refractivity contribution in [1.29, 1.82) is 0 Å². The van der Waals surface area contributed by atoms with Crippen molar-refractivity contribution >= 4 is 12.0 Å². The van der Waals surface area contributed by atoms with Crippen LogP contribution in [0.4, 0.5) is 18.0 Å². The molecule has 0 radical (unpaired) electrons. The van der Waals surface area contributed by atoms with Crippen LogP contribution in [-0.2, 0) is 11.0 Å². The van der Waals surface area contributed by atoms with Crippen LogP contribution in [0.2, 0.25) is 0 Å². The van der Waals surface area contributed by atoms with Crippen molar-refractivity contribution in [3.8, 4) is 5.75 Å². The first-order valence-electron chi connectivity index (χ1n) is 8.80. The lowest BCUT2D eigenvalue weighted by atomic mass is 9.97. The maximum Gasteiger partial charge on any atom is 0.419 e. The van der Waals surface area contributed by atoms with Gasteiger partial charge < -0.3 is 20.1 Å². The number of ether oxygens (including phenoxy) is 1. The number of carbonyl (C=O) groups excluding carboxylic acids is 1. The number of rotatable bonds is 6. The van der Waals surface area contributed by atoms with Gasteiger partial charge >= 0.3 is 18.2 Å². The molecule has 1 aromatic rings. The van der Waals surface area contributed by atoms with Crippen LogP contribution in [0, 0.1) is 5.92 Å². The van der Waals surface area contributed by atoms with Crippen LogP contribution in [0.25, 0.3) is 0 Å². The molecule has 1 heterocycles. The average Bonchev–Trinajstić information content (AvgIpc) is 2.64. The third-order valence-electron chi connectivity index (χ3n) is 4.55. The van der Waals surface area contributed by atoms with Gasteiger partial charge in [-0.25, -0.2) is 4.79 Å². The van der Waals surface area contributed by atoms with E-state index in [4.69, 9.17) is 9.84 Å². The number of carboxylic acid groups (broad SMARTS) is 1. The summed E-state index contributed by atoms with van der Waals surface area (Å²) in [4.78, 5) is 24.7. The summed E-state index contributed by atoms with van der Waals surface area (Å²) in [6.45, 7) is 2.47. The number of hydrogen-bond acceptors (Lipinski definition) is 3. The first-order valence-corrected chi connectivity index (χ1v) is 8.80. The number of piperidine rings is 1. The first-order chi connectivity index (χ1) is 12.7. The Morgan fingerprint density at radius 3 is 2.48 bits per heavy atom. The van der Waals surface area contributed by atoms with Gasteiger partial charge in [0, 0.05) is 13.1 Å². The normalized spacial score (nSPS) is 16.7. The molecule has 9 heteroatoms. The number of urea groups is 1. The predicted molar refractivity (Wildman–Crippen MR) is 91.5 cm³/mol. The Balaban J connectivity index is 1.89. The van der Waals surface area contributed by atoms with E-state index in [1.807, 2.05) is 0 Å². The molecule has 27 heavy (non-hydrogen) atoms. The van der Waals surface area contributed by atoms with Gasteiger partial charge in [0.15, 0.2) is 0 Å². The molecular weight excluding hydrogens is 365 g/mol. The van der Waals surface area contributed by atoms with Crippen LogP contribution in [0.5, 0.6) is 5.75 Å². The number of aliphatic carboxylic acids is 1. The van der Waals surface area contributed by atoms with Gasteiger partial charge in [0.25, 0.3) is 0 Å². The van der Waals surface area contributed by atoms with Crippen LogP contribution >= 0.6 is 0 Å². The predicted octanol–water partition coefficient (Wildman–Crippen LogP) is 3.37. The molecule has 150 valence electrons. The molecule has 1 unspecified atom stereocenters. The maximum atomic E-state index is 13.0. The minimum atomic E-state index is -4.52. The second-order valence-corrected chi connectivity index (χ2v) is 6.43. The monoisotopic (exact) mass is 388 g/mol.